The third-order valence-corrected chi connectivity index (χ3v) is 5.77. The van der Waals surface area contributed by atoms with Crippen molar-refractivity contribution in [2.24, 2.45) is 0 Å². The Hall–Kier alpha value is -3.60. The number of amides is 1. The van der Waals surface area contributed by atoms with E-state index in [4.69, 9.17) is 9.15 Å². The van der Waals surface area contributed by atoms with E-state index in [1.165, 1.54) is 18.4 Å². The summed E-state index contributed by atoms with van der Waals surface area (Å²) in [5.74, 6) is 1.59. The topological polar surface area (TPSA) is 64.4 Å². The van der Waals surface area contributed by atoms with Crippen molar-refractivity contribution in [1.82, 2.24) is 10.3 Å². The fraction of sp³-hybridized carbons (Fsp3) is 0.231. The average Bonchev–Trinajstić information content (AvgIpc) is 3.20. The molecule has 2 aromatic heterocycles. The van der Waals surface area contributed by atoms with Gasteiger partial charge in [0.2, 0.25) is 0 Å². The number of carbonyl (C=O) groups is 1. The Labute approximate surface area is 181 Å². The molecule has 0 fully saturated rings. The molecule has 1 N–H and O–H groups in total. The molecule has 0 spiro atoms. The van der Waals surface area contributed by atoms with Crippen LogP contribution in [0.2, 0.25) is 0 Å². The van der Waals surface area contributed by atoms with E-state index in [0.29, 0.717) is 5.75 Å². The van der Waals surface area contributed by atoms with Crippen LogP contribution in [0.3, 0.4) is 0 Å². The maximum atomic E-state index is 12.7. The number of ether oxygens (including phenoxy) is 1. The molecule has 4 aromatic rings. The highest BCUT2D eigenvalue weighted by Gasteiger charge is 2.19. The van der Waals surface area contributed by atoms with Crippen LogP contribution in [-0.4, -0.2) is 17.5 Å². The maximum Gasteiger partial charge on any atom is 0.258 e. The molecule has 1 aliphatic rings. The second-order valence-corrected chi connectivity index (χ2v) is 7.85. The van der Waals surface area contributed by atoms with Crippen molar-refractivity contribution < 1.29 is 13.9 Å². The molecular formula is C26H24N2O3. The Balaban J connectivity index is 1.30. The van der Waals surface area contributed by atoms with E-state index in [0.717, 1.165) is 40.7 Å². The van der Waals surface area contributed by atoms with Crippen LogP contribution in [0.25, 0.3) is 11.0 Å². The molecule has 0 radical (unpaired) electrons. The molecule has 5 nitrogen and oxygen atoms in total. The van der Waals surface area contributed by atoms with Gasteiger partial charge in [-0.3, -0.25) is 9.78 Å². The second-order valence-electron chi connectivity index (χ2n) is 7.85. The van der Waals surface area contributed by atoms with E-state index >= 15 is 0 Å². The Kier molecular flexibility index (Phi) is 5.40. The lowest BCUT2D eigenvalue weighted by molar-refractivity contribution is -0.123. The zero-order valence-electron chi connectivity index (χ0n) is 17.2. The van der Waals surface area contributed by atoms with Crippen molar-refractivity contribution in [3.63, 3.8) is 0 Å². The second kappa shape index (κ2) is 8.64. The van der Waals surface area contributed by atoms with Gasteiger partial charge in [-0.25, -0.2) is 0 Å². The minimum absolute atomic E-state index is 0.0556. The lowest BCUT2D eigenvalue weighted by Crippen LogP contribution is -2.33. The lowest BCUT2D eigenvalue weighted by atomic mass is 9.96. The summed E-state index contributed by atoms with van der Waals surface area (Å²) in [5.41, 5.74) is 4.16. The highest BCUT2D eigenvalue weighted by molar-refractivity contribution is 5.84. The fourth-order valence-electron chi connectivity index (χ4n) is 4.24. The molecule has 0 bridgehead atoms. The largest absolute Gasteiger partial charge is 0.484 e. The fourth-order valence-corrected chi connectivity index (χ4v) is 4.24. The number of carbonyl (C=O) groups excluding carboxylic acids is 1. The predicted molar refractivity (Wildman–Crippen MR) is 119 cm³/mol. The normalized spacial score (nSPS) is 14.1. The first-order chi connectivity index (χ1) is 15.3. The molecule has 5 heteroatoms. The molecule has 1 amide bonds. The first kappa shape index (κ1) is 19.4. The van der Waals surface area contributed by atoms with Gasteiger partial charge in [0.05, 0.1) is 6.04 Å². The van der Waals surface area contributed by atoms with Crippen LogP contribution in [0.5, 0.6) is 5.75 Å². The summed E-state index contributed by atoms with van der Waals surface area (Å²) in [6.07, 6.45) is 7.86. The van der Waals surface area contributed by atoms with Crippen molar-refractivity contribution in [2.75, 3.05) is 6.61 Å². The standard InChI is InChI=1S/C26H24N2O3/c29-25(28-26(18-6-2-1-3-7-18)19-12-14-27-15-13-19)17-30-20-10-11-24-22(16-20)21-8-4-5-9-23(21)31-24/h1-3,6-7,10-16,26H,4-5,8-9,17H2,(H,28,29). The number of fused-ring (bicyclic) bond motifs is 3. The van der Waals surface area contributed by atoms with Crippen molar-refractivity contribution in [2.45, 2.75) is 31.7 Å². The number of furan rings is 1. The molecule has 31 heavy (non-hydrogen) atoms. The summed E-state index contributed by atoms with van der Waals surface area (Å²) < 4.78 is 11.8. The van der Waals surface area contributed by atoms with Crippen LogP contribution in [0.4, 0.5) is 0 Å². The van der Waals surface area contributed by atoms with Crippen molar-refractivity contribution in [1.29, 1.82) is 0 Å². The third-order valence-electron chi connectivity index (χ3n) is 5.77. The van der Waals surface area contributed by atoms with E-state index in [1.807, 2.05) is 60.7 Å². The van der Waals surface area contributed by atoms with Gasteiger partial charge in [0.25, 0.3) is 5.91 Å². The minimum Gasteiger partial charge on any atom is -0.484 e. The molecule has 1 unspecified atom stereocenters. The Morgan fingerprint density at radius 1 is 1.00 bits per heavy atom. The zero-order chi connectivity index (χ0) is 21.0. The number of pyridine rings is 1. The van der Waals surface area contributed by atoms with Gasteiger partial charge in [0.15, 0.2) is 6.61 Å². The summed E-state index contributed by atoms with van der Waals surface area (Å²) in [5, 5.41) is 4.20. The first-order valence-electron chi connectivity index (χ1n) is 10.7. The molecular weight excluding hydrogens is 388 g/mol. The van der Waals surface area contributed by atoms with Gasteiger partial charge in [-0.2, -0.15) is 0 Å². The molecule has 5 rings (SSSR count). The summed E-state index contributed by atoms with van der Waals surface area (Å²) in [6, 6.07) is 19.3. The molecule has 2 aromatic carbocycles. The van der Waals surface area contributed by atoms with Crippen LogP contribution in [-0.2, 0) is 17.6 Å². The number of rotatable bonds is 6. The van der Waals surface area contributed by atoms with Gasteiger partial charge in [-0.15, -0.1) is 0 Å². The molecule has 0 aliphatic heterocycles. The average molecular weight is 412 g/mol. The van der Waals surface area contributed by atoms with Gasteiger partial charge in [-0.1, -0.05) is 30.3 Å². The Morgan fingerprint density at radius 2 is 1.77 bits per heavy atom. The van der Waals surface area contributed by atoms with Gasteiger partial charge >= 0.3 is 0 Å². The molecule has 1 aliphatic carbocycles. The zero-order valence-corrected chi connectivity index (χ0v) is 17.2. The number of nitrogens with one attached hydrogen (secondary N) is 1. The summed E-state index contributed by atoms with van der Waals surface area (Å²) in [6.45, 7) is -0.0556. The minimum atomic E-state index is -0.260. The van der Waals surface area contributed by atoms with E-state index in [9.17, 15) is 4.79 Å². The predicted octanol–water partition coefficient (Wildman–Crippen LogP) is 4.99. The Morgan fingerprint density at radius 3 is 2.61 bits per heavy atom. The monoisotopic (exact) mass is 412 g/mol. The van der Waals surface area contributed by atoms with Crippen LogP contribution in [0.15, 0.2) is 77.5 Å². The summed E-state index contributed by atoms with van der Waals surface area (Å²) in [7, 11) is 0. The SMILES string of the molecule is O=C(COc1ccc2oc3c(c2c1)CCCC3)NC(c1ccccc1)c1ccncc1. The number of aromatic nitrogens is 1. The lowest BCUT2D eigenvalue weighted by Gasteiger charge is -2.20. The van der Waals surface area contributed by atoms with Crippen LogP contribution >= 0.6 is 0 Å². The number of benzene rings is 2. The number of aryl methyl sites for hydroxylation is 2. The smallest absolute Gasteiger partial charge is 0.258 e. The van der Waals surface area contributed by atoms with Gasteiger partial charge in [0.1, 0.15) is 17.1 Å². The van der Waals surface area contributed by atoms with Gasteiger partial charge in [0, 0.05) is 29.8 Å². The number of nitrogens with zero attached hydrogens (tertiary/aromatic N) is 1. The van der Waals surface area contributed by atoms with Crippen LogP contribution in [0.1, 0.15) is 41.3 Å². The highest BCUT2D eigenvalue weighted by Crippen LogP contribution is 2.34. The first-order valence-corrected chi connectivity index (χ1v) is 10.7. The van der Waals surface area contributed by atoms with E-state index in [2.05, 4.69) is 10.3 Å². The quantitative estimate of drug-likeness (QED) is 0.485. The third kappa shape index (κ3) is 4.17. The van der Waals surface area contributed by atoms with E-state index in [-0.39, 0.29) is 18.6 Å². The maximum absolute atomic E-state index is 12.7. The summed E-state index contributed by atoms with van der Waals surface area (Å²) in [4.78, 5) is 16.8. The van der Waals surface area contributed by atoms with E-state index in [1.54, 1.807) is 12.4 Å². The van der Waals surface area contributed by atoms with Crippen molar-refractivity contribution >= 4 is 16.9 Å². The molecule has 1 atom stereocenters. The molecule has 2 heterocycles. The number of hydrogen-bond acceptors (Lipinski definition) is 4. The van der Waals surface area contributed by atoms with Crippen LogP contribution in [0, 0.1) is 0 Å². The van der Waals surface area contributed by atoms with Crippen molar-refractivity contribution in [3.8, 4) is 5.75 Å². The molecule has 0 saturated heterocycles. The van der Waals surface area contributed by atoms with Gasteiger partial charge in [-0.05, 0) is 60.7 Å². The van der Waals surface area contributed by atoms with Crippen molar-refractivity contribution in [3.05, 3.63) is 95.5 Å². The molecule has 156 valence electrons. The summed E-state index contributed by atoms with van der Waals surface area (Å²) >= 11 is 0. The van der Waals surface area contributed by atoms with Crippen LogP contribution < -0.4 is 10.1 Å². The number of hydrogen-bond donors (Lipinski definition) is 1. The molecule has 0 saturated carbocycles. The Bertz CT molecular complexity index is 1150. The van der Waals surface area contributed by atoms with Gasteiger partial charge < -0.3 is 14.5 Å². The highest BCUT2D eigenvalue weighted by atomic mass is 16.5. The van der Waals surface area contributed by atoms with E-state index < -0.39 is 0 Å².